The first-order chi connectivity index (χ1) is 22.4. The number of hydrogen-bond acceptors (Lipinski definition) is 7. The molecule has 0 bridgehead atoms. The van der Waals surface area contributed by atoms with Gasteiger partial charge in [0.25, 0.3) is 5.56 Å². The highest BCUT2D eigenvalue weighted by Crippen LogP contribution is 2.46. The number of fused-ring (bicyclic) bond motifs is 7. The summed E-state index contributed by atoms with van der Waals surface area (Å²) in [6.45, 7) is 3.13. The van der Waals surface area contributed by atoms with Gasteiger partial charge in [-0.15, -0.1) is 34.0 Å². The van der Waals surface area contributed by atoms with Gasteiger partial charge in [0.2, 0.25) is 0 Å². The Morgan fingerprint density at radius 3 is 2.33 bits per heavy atom. The summed E-state index contributed by atoms with van der Waals surface area (Å²) in [4.78, 5) is 28.9. The zero-order chi connectivity index (χ0) is 31.5. The quantitative estimate of drug-likeness (QED) is 0.204. The van der Waals surface area contributed by atoms with E-state index in [-0.39, 0.29) is 4.66 Å². The van der Waals surface area contributed by atoms with Crippen molar-refractivity contribution in [2.75, 3.05) is 11.4 Å². The van der Waals surface area contributed by atoms with Crippen molar-refractivity contribution in [3.63, 3.8) is 0 Å². The highest BCUT2D eigenvalue weighted by molar-refractivity contribution is 7.36. The molecule has 0 saturated carbocycles. The first kappa shape index (κ1) is 28.5. The van der Waals surface area contributed by atoms with Crippen LogP contribution in [0.3, 0.4) is 0 Å². The number of aryl methyl sites for hydroxylation is 2. The van der Waals surface area contributed by atoms with E-state index in [1.165, 1.54) is 57.8 Å². The third-order valence-corrected chi connectivity index (χ3v) is 12.2. The number of carboxylic acid groups (broad SMARTS) is 1. The Bertz CT molecular complexity index is 2620. The monoisotopic (exact) mass is 655 g/mol. The molecule has 6 nitrogen and oxygen atoms in total. The number of rotatable bonds is 4. The van der Waals surface area contributed by atoms with Crippen LogP contribution in [-0.2, 0) is 17.6 Å². The van der Waals surface area contributed by atoms with Crippen LogP contribution < -0.4 is 19.7 Å². The molecule has 0 aliphatic carbocycles. The number of thiazole rings is 1. The molecular weight excluding hydrogens is 631 g/mol. The fourth-order valence-electron chi connectivity index (χ4n) is 6.40. The number of nitrogens with one attached hydrogen (secondary N) is 1. The molecule has 9 heteroatoms. The highest BCUT2D eigenvalue weighted by Gasteiger charge is 2.20. The predicted molar refractivity (Wildman–Crippen MR) is 191 cm³/mol. The van der Waals surface area contributed by atoms with Crippen molar-refractivity contribution in [1.82, 2.24) is 4.98 Å². The number of anilines is 2. The molecular formula is C37H25N3O3S3. The molecule has 8 rings (SSSR count). The molecule has 0 saturated heterocycles. The molecule has 4 aromatic carbocycles. The number of aromatic amines is 1. The van der Waals surface area contributed by atoms with E-state index in [0.717, 1.165) is 41.7 Å². The van der Waals surface area contributed by atoms with Gasteiger partial charge < -0.3 is 15.0 Å². The van der Waals surface area contributed by atoms with E-state index in [9.17, 15) is 20.0 Å². The second-order valence-electron chi connectivity index (χ2n) is 11.2. The maximum Gasteiger partial charge on any atom is 0.349 e. The van der Waals surface area contributed by atoms with Gasteiger partial charge in [-0.1, -0.05) is 36.4 Å². The van der Waals surface area contributed by atoms with Crippen LogP contribution in [0, 0.1) is 11.3 Å². The number of carbonyl (C=O) groups is 1. The number of aromatic nitrogens is 1. The molecule has 0 atom stereocenters. The molecule has 0 radical (unpaired) electrons. The van der Waals surface area contributed by atoms with E-state index in [4.69, 9.17) is 0 Å². The average molecular weight is 656 g/mol. The topological polar surface area (TPSA) is 97.2 Å². The lowest BCUT2D eigenvalue weighted by molar-refractivity contribution is -0.130. The fourth-order valence-corrected chi connectivity index (χ4v) is 9.94. The van der Waals surface area contributed by atoms with Gasteiger partial charge in [-0.3, -0.25) is 4.79 Å². The number of thiophene rings is 2. The first-order valence-electron chi connectivity index (χ1n) is 14.9. The van der Waals surface area contributed by atoms with Gasteiger partial charge in [0.1, 0.15) is 10.7 Å². The van der Waals surface area contributed by atoms with Gasteiger partial charge in [-0.25, -0.2) is 4.79 Å². The van der Waals surface area contributed by atoms with Gasteiger partial charge in [0.05, 0.1) is 13.9 Å². The van der Waals surface area contributed by atoms with E-state index < -0.39 is 17.1 Å². The van der Waals surface area contributed by atoms with E-state index >= 15 is 0 Å². The Morgan fingerprint density at radius 1 is 0.891 bits per heavy atom. The van der Waals surface area contributed by atoms with Crippen LogP contribution in [-0.4, -0.2) is 22.6 Å². The SMILES string of the molecule is CCN1c2ccccc2CCc2cc(-c3ccc4sc5c6cc(/C=c7/s/c(=C(\C#N)C(=O)O)[nH]c7=O)ccc6sc5c4c3)ccc21. The summed E-state index contributed by atoms with van der Waals surface area (Å²) in [5.41, 5.74) is 7.74. The van der Waals surface area contributed by atoms with Crippen molar-refractivity contribution in [2.45, 2.75) is 19.8 Å². The third-order valence-electron chi connectivity index (χ3n) is 8.58. The smallest absolute Gasteiger partial charge is 0.349 e. The van der Waals surface area contributed by atoms with Gasteiger partial charge in [0, 0.05) is 38.1 Å². The predicted octanol–water partition coefficient (Wildman–Crippen LogP) is 7.53. The van der Waals surface area contributed by atoms with E-state index in [1.54, 1.807) is 34.8 Å². The summed E-state index contributed by atoms with van der Waals surface area (Å²) >= 11 is 4.53. The minimum absolute atomic E-state index is 0.0489. The summed E-state index contributed by atoms with van der Waals surface area (Å²) in [7, 11) is 0. The number of aliphatic carboxylic acids is 1. The van der Waals surface area contributed by atoms with Crippen molar-refractivity contribution < 1.29 is 9.90 Å². The normalized spacial score (nSPS) is 13.9. The first-order valence-corrected chi connectivity index (χ1v) is 17.3. The number of nitriles is 1. The number of para-hydroxylation sites is 1. The molecule has 0 fully saturated rings. The maximum absolute atomic E-state index is 12.6. The Balaban J connectivity index is 1.19. The van der Waals surface area contributed by atoms with Gasteiger partial charge >= 0.3 is 5.97 Å². The molecule has 46 heavy (non-hydrogen) atoms. The van der Waals surface area contributed by atoms with Crippen molar-refractivity contribution in [1.29, 1.82) is 5.26 Å². The highest BCUT2D eigenvalue weighted by atomic mass is 32.1. The number of carboxylic acids is 1. The third kappa shape index (κ3) is 4.65. The molecule has 7 aromatic rings. The Labute approximate surface area is 275 Å². The van der Waals surface area contributed by atoms with Crippen LogP contribution in [0.15, 0.2) is 83.7 Å². The molecule has 1 aliphatic heterocycles. The molecule has 0 spiro atoms. The van der Waals surface area contributed by atoms with Crippen LogP contribution >= 0.6 is 34.0 Å². The zero-order valence-electron chi connectivity index (χ0n) is 24.6. The zero-order valence-corrected chi connectivity index (χ0v) is 27.0. The van der Waals surface area contributed by atoms with E-state index in [0.29, 0.717) is 4.53 Å². The van der Waals surface area contributed by atoms with Crippen molar-refractivity contribution in [2.24, 2.45) is 0 Å². The lowest BCUT2D eigenvalue weighted by atomic mass is 9.98. The van der Waals surface area contributed by atoms with Crippen molar-refractivity contribution >= 4 is 92.6 Å². The number of H-pyrrole nitrogens is 1. The largest absolute Gasteiger partial charge is 0.477 e. The molecule has 224 valence electrons. The van der Waals surface area contributed by atoms with Crippen LogP contribution in [0.2, 0.25) is 0 Å². The number of nitrogens with zero attached hydrogens (tertiary/aromatic N) is 2. The molecule has 4 heterocycles. The number of hydrogen-bond donors (Lipinski definition) is 2. The van der Waals surface area contributed by atoms with Crippen LogP contribution in [0.4, 0.5) is 11.4 Å². The molecule has 3 aromatic heterocycles. The van der Waals surface area contributed by atoms with Crippen LogP contribution in [0.25, 0.3) is 52.3 Å². The lowest BCUT2D eigenvalue weighted by Gasteiger charge is -2.25. The van der Waals surface area contributed by atoms with Crippen molar-refractivity contribution in [3.05, 3.63) is 115 Å². The van der Waals surface area contributed by atoms with E-state index in [2.05, 4.69) is 89.6 Å². The second kappa shape index (κ2) is 11.1. The maximum atomic E-state index is 12.6. The number of benzene rings is 4. The fraction of sp³-hybridized carbons (Fsp3) is 0.108. The Kier molecular flexibility index (Phi) is 6.87. The minimum Gasteiger partial charge on any atom is -0.477 e. The van der Waals surface area contributed by atoms with Crippen molar-refractivity contribution in [3.8, 4) is 17.2 Å². The summed E-state index contributed by atoms with van der Waals surface area (Å²) in [5, 5.41) is 20.8. The Morgan fingerprint density at radius 2 is 1.57 bits per heavy atom. The van der Waals surface area contributed by atoms with Gasteiger partial charge in [-0.2, -0.15) is 5.26 Å². The summed E-state index contributed by atoms with van der Waals surface area (Å²) in [6, 6.07) is 30.2. The molecule has 0 unspecified atom stereocenters. The van der Waals surface area contributed by atoms with Crippen LogP contribution in [0.5, 0.6) is 0 Å². The van der Waals surface area contributed by atoms with Crippen LogP contribution in [0.1, 0.15) is 23.6 Å². The molecule has 1 aliphatic rings. The average Bonchev–Trinajstić information content (AvgIpc) is 3.68. The molecule has 0 amide bonds. The summed E-state index contributed by atoms with van der Waals surface area (Å²) in [6.07, 6.45) is 3.78. The standard InChI is InChI=1S/C37H25N3O3S3/c1-2-40-28-6-4-3-5-21(28)8-9-24-17-22(10-12-29(24)40)23-11-14-31-26(18-23)34-33(45-31)25-15-20(7-13-30(25)44-34)16-32-35(41)39-36(46-32)27(19-38)37(42)43/h3-7,10-18H,2,8-9H2,1H3,(H,39,41)(H,42,43)/b32-16+,36-27+. The lowest BCUT2D eigenvalue weighted by Crippen LogP contribution is -2.20. The summed E-state index contributed by atoms with van der Waals surface area (Å²) in [5.74, 6) is -1.36. The Hall–Kier alpha value is -5.01. The summed E-state index contributed by atoms with van der Waals surface area (Å²) < 4.78 is 5.27. The van der Waals surface area contributed by atoms with Gasteiger partial charge in [0.15, 0.2) is 5.57 Å². The molecule has 2 N–H and O–H groups in total. The minimum atomic E-state index is -1.36. The van der Waals surface area contributed by atoms with Gasteiger partial charge in [-0.05, 0) is 96.1 Å². The second-order valence-corrected chi connectivity index (χ2v) is 14.4. The van der Waals surface area contributed by atoms with E-state index in [1.807, 2.05) is 6.07 Å².